The SMILES string of the molecule is CC1=C(Nc2ccc3oc(=O)[nH]c3c2)NC(N)(c2ccc(N3CCN4CCCCC4C3)nc2)N=C1. The van der Waals surface area contributed by atoms with Crippen LogP contribution in [0.15, 0.2) is 62.1 Å². The van der Waals surface area contributed by atoms with Gasteiger partial charge in [0.05, 0.1) is 5.52 Å². The summed E-state index contributed by atoms with van der Waals surface area (Å²) < 4.78 is 5.08. The molecule has 2 saturated heterocycles. The molecular formula is C25H30N8O2. The van der Waals surface area contributed by atoms with Gasteiger partial charge in [-0.05, 0) is 56.6 Å². The molecule has 2 atom stereocenters. The minimum atomic E-state index is -1.15. The van der Waals surface area contributed by atoms with Gasteiger partial charge in [-0.25, -0.2) is 14.8 Å². The van der Waals surface area contributed by atoms with Crippen molar-refractivity contribution in [3.05, 3.63) is 64.0 Å². The first-order chi connectivity index (χ1) is 17.0. The molecule has 0 aliphatic carbocycles. The number of nitrogens with one attached hydrogen (secondary N) is 3. The monoisotopic (exact) mass is 474 g/mol. The number of piperidine rings is 1. The van der Waals surface area contributed by atoms with E-state index in [9.17, 15) is 4.79 Å². The summed E-state index contributed by atoms with van der Waals surface area (Å²) in [7, 11) is 0. The van der Waals surface area contributed by atoms with E-state index in [-0.39, 0.29) is 0 Å². The van der Waals surface area contributed by atoms with Crippen LogP contribution in [0.1, 0.15) is 31.7 Å². The lowest BCUT2D eigenvalue weighted by atomic mass is 9.99. The molecule has 3 aliphatic rings. The third-order valence-corrected chi connectivity index (χ3v) is 7.21. The normalized spacial score (nSPS) is 25.0. The second kappa shape index (κ2) is 8.54. The van der Waals surface area contributed by atoms with E-state index in [1.807, 2.05) is 37.4 Å². The van der Waals surface area contributed by atoms with E-state index < -0.39 is 11.5 Å². The molecule has 0 bridgehead atoms. The number of allylic oxidation sites excluding steroid dienone is 1. The largest absolute Gasteiger partial charge is 0.417 e. The molecule has 10 nitrogen and oxygen atoms in total. The number of H-pyrrole nitrogens is 1. The number of nitrogens with zero attached hydrogens (tertiary/aromatic N) is 4. The Morgan fingerprint density at radius 1 is 1.20 bits per heavy atom. The number of aromatic nitrogens is 2. The molecule has 182 valence electrons. The second-order valence-electron chi connectivity index (χ2n) is 9.59. The fraction of sp³-hybridized carbons (Fsp3) is 0.400. The molecule has 1 aromatic carbocycles. The highest BCUT2D eigenvalue weighted by Gasteiger charge is 2.32. The van der Waals surface area contributed by atoms with E-state index in [4.69, 9.17) is 15.1 Å². The number of fused-ring (bicyclic) bond motifs is 2. The topological polar surface area (TPSA) is 128 Å². The maximum absolute atomic E-state index is 11.5. The minimum absolute atomic E-state index is 0.479. The Bertz CT molecular complexity index is 1360. The van der Waals surface area contributed by atoms with Crippen LogP contribution in [0.25, 0.3) is 11.1 Å². The van der Waals surface area contributed by atoms with Crippen LogP contribution in [0.4, 0.5) is 11.5 Å². The first-order valence-electron chi connectivity index (χ1n) is 12.2. The van der Waals surface area contributed by atoms with E-state index >= 15 is 0 Å². The third kappa shape index (κ3) is 4.19. The lowest BCUT2D eigenvalue weighted by molar-refractivity contribution is 0.133. The number of hydrogen-bond acceptors (Lipinski definition) is 9. The molecule has 0 radical (unpaired) electrons. The number of anilines is 2. The number of benzene rings is 1. The Morgan fingerprint density at radius 2 is 2.11 bits per heavy atom. The van der Waals surface area contributed by atoms with Gasteiger partial charge in [-0.2, -0.15) is 0 Å². The number of aliphatic imine (C=N–C) groups is 1. The van der Waals surface area contributed by atoms with E-state index in [0.717, 1.165) is 48.1 Å². The quantitative estimate of drug-likeness (QED) is 0.454. The Kier molecular flexibility index (Phi) is 5.34. The molecule has 2 unspecified atom stereocenters. The molecule has 0 amide bonds. The zero-order valence-electron chi connectivity index (χ0n) is 19.8. The number of hydrogen-bond donors (Lipinski definition) is 4. The van der Waals surface area contributed by atoms with Crippen molar-refractivity contribution < 1.29 is 4.42 Å². The van der Waals surface area contributed by atoms with Crippen molar-refractivity contribution in [3.63, 3.8) is 0 Å². The zero-order valence-corrected chi connectivity index (χ0v) is 19.8. The van der Waals surface area contributed by atoms with E-state index in [1.165, 1.54) is 25.8 Å². The van der Waals surface area contributed by atoms with Crippen molar-refractivity contribution in [2.75, 3.05) is 36.4 Å². The van der Waals surface area contributed by atoms with Crippen LogP contribution >= 0.6 is 0 Å². The van der Waals surface area contributed by atoms with Gasteiger partial charge in [0.1, 0.15) is 11.6 Å². The van der Waals surface area contributed by atoms with E-state index in [0.29, 0.717) is 17.1 Å². The predicted molar refractivity (Wildman–Crippen MR) is 136 cm³/mol. The average Bonchev–Trinajstić information content (AvgIpc) is 3.25. The summed E-state index contributed by atoms with van der Waals surface area (Å²) in [5.41, 5.74) is 10.3. The molecule has 0 spiro atoms. The molecule has 2 aromatic heterocycles. The van der Waals surface area contributed by atoms with Crippen LogP contribution in [0.2, 0.25) is 0 Å². The lowest BCUT2D eigenvalue weighted by Crippen LogP contribution is -2.55. The molecule has 10 heteroatoms. The standard InChI is InChI=1S/C25H30N8O2/c1-16-13-28-25(26,31-23(16)29-18-6-7-21-20(12-18)30-24(34)35-21)17-5-8-22(27-14-17)33-11-10-32-9-3-2-4-19(32)15-33/h5-8,12-14,19,29,31H,2-4,9-11,15,26H2,1H3,(H,30,34). The highest BCUT2D eigenvalue weighted by atomic mass is 16.4. The first kappa shape index (κ1) is 21.9. The van der Waals surface area contributed by atoms with Crippen molar-refractivity contribution in [2.24, 2.45) is 10.7 Å². The van der Waals surface area contributed by atoms with Crippen LogP contribution in [0.3, 0.4) is 0 Å². The number of pyridine rings is 1. The molecule has 6 rings (SSSR count). The molecule has 5 heterocycles. The van der Waals surface area contributed by atoms with Gasteiger partial charge in [0, 0.05) is 54.9 Å². The summed E-state index contributed by atoms with van der Waals surface area (Å²) in [4.78, 5) is 28.5. The van der Waals surface area contributed by atoms with Crippen molar-refractivity contribution in [2.45, 2.75) is 38.0 Å². The Morgan fingerprint density at radius 3 is 2.97 bits per heavy atom. The first-order valence-corrected chi connectivity index (χ1v) is 12.2. The molecule has 5 N–H and O–H groups in total. The molecule has 3 aromatic rings. The van der Waals surface area contributed by atoms with Gasteiger partial charge < -0.3 is 20.0 Å². The van der Waals surface area contributed by atoms with E-state index in [1.54, 1.807) is 12.3 Å². The van der Waals surface area contributed by atoms with Gasteiger partial charge in [0.2, 0.25) is 5.79 Å². The number of oxazole rings is 1. The van der Waals surface area contributed by atoms with Gasteiger partial charge in [-0.3, -0.25) is 15.6 Å². The van der Waals surface area contributed by atoms with Gasteiger partial charge in [0.15, 0.2) is 5.58 Å². The van der Waals surface area contributed by atoms with Crippen LogP contribution in [0.5, 0.6) is 0 Å². The maximum Gasteiger partial charge on any atom is 0.417 e. The number of aromatic amines is 1. The number of rotatable bonds is 4. The maximum atomic E-state index is 11.5. The second-order valence-corrected chi connectivity index (χ2v) is 9.59. The summed E-state index contributed by atoms with van der Waals surface area (Å²) in [5.74, 6) is 0.0804. The Balaban J connectivity index is 1.18. The summed E-state index contributed by atoms with van der Waals surface area (Å²) >= 11 is 0. The van der Waals surface area contributed by atoms with Gasteiger partial charge in [-0.15, -0.1) is 0 Å². The Hall–Kier alpha value is -3.63. The van der Waals surface area contributed by atoms with Crippen molar-refractivity contribution in [3.8, 4) is 0 Å². The fourth-order valence-corrected chi connectivity index (χ4v) is 5.20. The van der Waals surface area contributed by atoms with Crippen LogP contribution < -0.4 is 27.0 Å². The third-order valence-electron chi connectivity index (χ3n) is 7.21. The van der Waals surface area contributed by atoms with Crippen molar-refractivity contribution in [1.82, 2.24) is 20.2 Å². The molecule has 0 saturated carbocycles. The number of piperazine rings is 1. The Labute approximate surface area is 202 Å². The predicted octanol–water partition coefficient (Wildman–Crippen LogP) is 2.28. The van der Waals surface area contributed by atoms with Crippen molar-refractivity contribution in [1.29, 1.82) is 0 Å². The van der Waals surface area contributed by atoms with Gasteiger partial charge in [-0.1, -0.05) is 6.42 Å². The lowest BCUT2D eigenvalue weighted by Gasteiger charge is -2.44. The average molecular weight is 475 g/mol. The highest BCUT2D eigenvalue weighted by molar-refractivity contribution is 5.82. The number of nitrogens with two attached hydrogens (primary N) is 1. The summed E-state index contributed by atoms with van der Waals surface area (Å²) in [6.07, 6.45) is 7.47. The van der Waals surface area contributed by atoms with Crippen LogP contribution in [0, 0.1) is 0 Å². The van der Waals surface area contributed by atoms with Gasteiger partial charge >= 0.3 is 5.76 Å². The highest BCUT2D eigenvalue weighted by Crippen LogP contribution is 2.27. The molecule has 3 aliphatic heterocycles. The van der Waals surface area contributed by atoms with Crippen LogP contribution in [-0.4, -0.2) is 53.3 Å². The van der Waals surface area contributed by atoms with Gasteiger partial charge in [0.25, 0.3) is 0 Å². The molecule has 35 heavy (non-hydrogen) atoms. The zero-order chi connectivity index (χ0) is 24.0. The van der Waals surface area contributed by atoms with Crippen LogP contribution in [-0.2, 0) is 5.79 Å². The van der Waals surface area contributed by atoms with Crippen molar-refractivity contribution >= 4 is 28.8 Å². The summed E-state index contributed by atoms with van der Waals surface area (Å²) in [6, 6.07) is 10.1. The fourth-order valence-electron chi connectivity index (χ4n) is 5.20. The van der Waals surface area contributed by atoms with E-state index in [2.05, 4.69) is 30.4 Å². The smallest absolute Gasteiger partial charge is 0.408 e. The minimum Gasteiger partial charge on any atom is -0.408 e. The molecular weight excluding hydrogens is 444 g/mol. The summed E-state index contributed by atoms with van der Waals surface area (Å²) in [6.45, 7) is 6.29. The molecule has 2 fully saturated rings. The summed E-state index contributed by atoms with van der Waals surface area (Å²) in [5, 5.41) is 6.67.